The molecule has 2 aromatic rings. The van der Waals surface area contributed by atoms with Crippen molar-refractivity contribution >= 4 is 15.9 Å². The number of methoxy groups -OCH3 is 2. The van der Waals surface area contributed by atoms with E-state index < -0.39 is 0 Å². The molecule has 2 rings (SSSR count). The van der Waals surface area contributed by atoms with Crippen molar-refractivity contribution in [1.29, 1.82) is 0 Å². The van der Waals surface area contributed by atoms with Gasteiger partial charge in [0.2, 0.25) is 0 Å². The van der Waals surface area contributed by atoms with Crippen LogP contribution >= 0.6 is 15.9 Å². The molecule has 0 atom stereocenters. The second-order valence-corrected chi connectivity index (χ2v) is 4.68. The van der Waals surface area contributed by atoms with Crippen LogP contribution in [0.1, 0.15) is 5.82 Å². The van der Waals surface area contributed by atoms with Gasteiger partial charge in [0, 0.05) is 12.6 Å². The minimum absolute atomic E-state index is 0.709. The van der Waals surface area contributed by atoms with Gasteiger partial charge in [-0.25, -0.2) is 4.98 Å². The molecule has 0 fully saturated rings. The third-order valence-corrected chi connectivity index (χ3v) is 3.49. The molecule has 0 aliphatic rings. The Hall–Kier alpha value is -1.49. The number of hydrogen-bond acceptors (Lipinski definition) is 3. The first kappa shape index (κ1) is 13.0. The van der Waals surface area contributed by atoms with Gasteiger partial charge in [-0.15, -0.1) is 0 Å². The maximum Gasteiger partial charge on any atom is 0.161 e. The van der Waals surface area contributed by atoms with Crippen molar-refractivity contribution in [2.24, 2.45) is 7.05 Å². The first-order valence-electron chi connectivity index (χ1n) is 5.49. The molecule has 0 saturated carbocycles. The van der Waals surface area contributed by atoms with Gasteiger partial charge in [-0.2, -0.15) is 0 Å². The van der Waals surface area contributed by atoms with Gasteiger partial charge in [-0.05, 0) is 41.1 Å². The molecular formula is C13H15BrN2O2. The number of rotatable bonds is 3. The Bertz CT molecular complexity index is 579. The third kappa shape index (κ3) is 2.10. The first-order valence-corrected chi connectivity index (χ1v) is 6.29. The van der Waals surface area contributed by atoms with Crippen LogP contribution in [0.25, 0.3) is 11.3 Å². The van der Waals surface area contributed by atoms with Crippen LogP contribution < -0.4 is 9.47 Å². The summed E-state index contributed by atoms with van der Waals surface area (Å²) < 4.78 is 13.4. The van der Waals surface area contributed by atoms with Crippen molar-refractivity contribution in [3.63, 3.8) is 0 Å². The summed E-state index contributed by atoms with van der Waals surface area (Å²) >= 11 is 3.48. The molecule has 1 aromatic heterocycles. The molecule has 1 aromatic carbocycles. The topological polar surface area (TPSA) is 36.3 Å². The van der Waals surface area contributed by atoms with E-state index in [1.165, 1.54) is 0 Å². The number of aryl methyl sites for hydroxylation is 1. The number of nitrogens with zero attached hydrogens (tertiary/aromatic N) is 2. The van der Waals surface area contributed by atoms with E-state index >= 15 is 0 Å². The molecule has 0 saturated heterocycles. The summed E-state index contributed by atoms with van der Waals surface area (Å²) in [6, 6.07) is 5.82. The number of aromatic nitrogens is 2. The average Bonchev–Trinajstić information content (AvgIpc) is 2.62. The smallest absolute Gasteiger partial charge is 0.161 e. The van der Waals surface area contributed by atoms with Crippen molar-refractivity contribution < 1.29 is 9.47 Å². The van der Waals surface area contributed by atoms with E-state index in [4.69, 9.17) is 9.47 Å². The lowest BCUT2D eigenvalue weighted by molar-refractivity contribution is 0.355. The fraction of sp³-hybridized carbons (Fsp3) is 0.308. The van der Waals surface area contributed by atoms with E-state index in [2.05, 4.69) is 20.9 Å². The summed E-state index contributed by atoms with van der Waals surface area (Å²) in [6.45, 7) is 1.97. The number of halogens is 1. The fourth-order valence-electron chi connectivity index (χ4n) is 1.87. The highest BCUT2D eigenvalue weighted by atomic mass is 79.9. The van der Waals surface area contributed by atoms with Gasteiger partial charge < -0.3 is 14.0 Å². The Balaban J connectivity index is 2.58. The van der Waals surface area contributed by atoms with Crippen LogP contribution in [0.4, 0.5) is 0 Å². The number of ether oxygens (including phenoxy) is 2. The molecule has 0 spiro atoms. The summed E-state index contributed by atoms with van der Waals surface area (Å²) in [4.78, 5) is 4.39. The Morgan fingerprint density at radius 2 is 1.83 bits per heavy atom. The molecular weight excluding hydrogens is 296 g/mol. The lowest BCUT2D eigenvalue weighted by atomic mass is 10.1. The van der Waals surface area contributed by atoms with Gasteiger partial charge in [0.15, 0.2) is 11.5 Å². The predicted molar refractivity (Wildman–Crippen MR) is 74.2 cm³/mol. The van der Waals surface area contributed by atoms with Gasteiger partial charge in [0.1, 0.15) is 10.4 Å². The molecule has 0 unspecified atom stereocenters. The molecule has 0 aliphatic carbocycles. The summed E-state index contributed by atoms with van der Waals surface area (Å²) in [7, 11) is 5.24. The monoisotopic (exact) mass is 310 g/mol. The van der Waals surface area contributed by atoms with Crippen LogP contribution in [-0.4, -0.2) is 23.8 Å². The molecule has 0 N–H and O–H groups in total. The highest BCUT2D eigenvalue weighted by Gasteiger charge is 2.14. The zero-order chi connectivity index (χ0) is 13.3. The second-order valence-electron chi connectivity index (χ2n) is 3.93. The summed E-state index contributed by atoms with van der Waals surface area (Å²) in [5.74, 6) is 2.38. The standard InChI is InChI=1S/C13H15BrN2O2/c1-8-15-13(14)12(16(8)2)9-5-6-10(17-3)11(7-9)18-4/h5-7H,1-4H3. The van der Waals surface area contributed by atoms with Crippen molar-refractivity contribution in [2.45, 2.75) is 6.92 Å². The van der Waals surface area contributed by atoms with E-state index in [9.17, 15) is 0 Å². The van der Waals surface area contributed by atoms with Crippen molar-refractivity contribution in [3.05, 3.63) is 28.6 Å². The summed E-state index contributed by atoms with van der Waals surface area (Å²) in [5, 5.41) is 0. The Morgan fingerprint density at radius 3 is 2.33 bits per heavy atom. The van der Waals surface area contributed by atoms with Crippen LogP contribution in [0.5, 0.6) is 11.5 Å². The zero-order valence-electron chi connectivity index (χ0n) is 10.8. The average molecular weight is 311 g/mol. The number of benzene rings is 1. The maximum absolute atomic E-state index is 5.31. The Morgan fingerprint density at radius 1 is 1.17 bits per heavy atom. The van der Waals surface area contributed by atoms with Crippen molar-refractivity contribution in [3.8, 4) is 22.8 Å². The number of hydrogen-bond donors (Lipinski definition) is 0. The van der Waals surface area contributed by atoms with Crippen LogP contribution in [0.15, 0.2) is 22.8 Å². The van der Waals surface area contributed by atoms with Gasteiger partial charge in [0.25, 0.3) is 0 Å². The van der Waals surface area contributed by atoms with Crippen molar-refractivity contribution in [1.82, 2.24) is 9.55 Å². The van der Waals surface area contributed by atoms with E-state index in [0.717, 1.165) is 27.4 Å². The third-order valence-electron chi connectivity index (χ3n) is 2.93. The molecule has 18 heavy (non-hydrogen) atoms. The van der Waals surface area contributed by atoms with Crippen LogP contribution in [-0.2, 0) is 7.05 Å². The molecule has 5 heteroatoms. The van der Waals surface area contributed by atoms with E-state index in [-0.39, 0.29) is 0 Å². The largest absolute Gasteiger partial charge is 0.493 e. The second kappa shape index (κ2) is 5.02. The number of imidazole rings is 1. The maximum atomic E-state index is 5.31. The van der Waals surface area contributed by atoms with Crippen LogP contribution in [0.3, 0.4) is 0 Å². The van der Waals surface area contributed by atoms with Crippen LogP contribution in [0.2, 0.25) is 0 Å². The first-order chi connectivity index (χ1) is 8.58. The summed E-state index contributed by atoms with van der Waals surface area (Å²) in [6.07, 6.45) is 0. The van der Waals surface area contributed by atoms with E-state index in [1.807, 2.05) is 36.7 Å². The Labute approximate surface area is 115 Å². The highest BCUT2D eigenvalue weighted by Crippen LogP contribution is 2.35. The lowest BCUT2D eigenvalue weighted by Crippen LogP contribution is -1.96. The molecule has 0 bridgehead atoms. The SMILES string of the molecule is COc1ccc(-c2c(Br)nc(C)n2C)cc1OC. The fourth-order valence-corrected chi connectivity index (χ4v) is 2.62. The van der Waals surface area contributed by atoms with E-state index in [0.29, 0.717) is 5.75 Å². The summed E-state index contributed by atoms with van der Waals surface area (Å²) in [5.41, 5.74) is 2.05. The quantitative estimate of drug-likeness (QED) is 0.873. The van der Waals surface area contributed by atoms with Gasteiger partial charge in [0.05, 0.1) is 19.9 Å². The molecule has 4 nitrogen and oxygen atoms in total. The molecule has 0 amide bonds. The lowest BCUT2D eigenvalue weighted by Gasteiger charge is -2.10. The van der Waals surface area contributed by atoms with E-state index in [1.54, 1.807) is 14.2 Å². The molecule has 96 valence electrons. The van der Waals surface area contributed by atoms with Crippen molar-refractivity contribution in [2.75, 3.05) is 14.2 Å². The zero-order valence-corrected chi connectivity index (χ0v) is 12.4. The van der Waals surface area contributed by atoms with Crippen LogP contribution in [0, 0.1) is 6.92 Å². The normalized spacial score (nSPS) is 10.5. The van der Waals surface area contributed by atoms with Gasteiger partial charge in [-0.3, -0.25) is 0 Å². The minimum Gasteiger partial charge on any atom is -0.493 e. The minimum atomic E-state index is 0.709. The predicted octanol–water partition coefficient (Wildman–Crippen LogP) is 3.18. The van der Waals surface area contributed by atoms with Gasteiger partial charge in [-0.1, -0.05) is 0 Å². The molecule has 0 aliphatic heterocycles. The highest BCUT2D eigenvalue weighted by molar-refractivity contribution is 9.10. The molecule has 1 heterocycles. The van der Waals surface area contributed by atoms with Gasteiger partial charge >= 0.3 is 0 Å². The molecule has 0 radical (unpaired) electrons. The Kier molecular flexibility index (Phi) is 3.61.